The molecule has 2 bridgehead atoms. The van der Waals surface area contributed by atoms with Crippen LogP contribution in [0.4, 0.5) is 0 Å². The Morgan fingerprint density at radius 3 is 2.96 bits per heavy atom. The molecule has 2 aliphatic rings. The molecule has 1 aromatic carbocycles. The minimum Gasteiger partial charge on any atom is -0.343 e. The van der Waals surface area contributed by atoms with Crippen LogP contribution in [0.25, 0.3) is 11.4 Å². The Kier molecular flexibility index (Phi) is 3.60. The molecule has 1 aromatic heterocycles. The van der Waals surface area contributed by atoms with E-state index in [2.05, 4.69) is 5.10 Å². The van der Waals surface area contributed by atoms with E-state index in [0.29, 0.717) is 28.6 Å². The molecule has 2 fully saturated rings. The number of carbonyl (C=O) groups excluding carboxylic acids is 1. The van der Waals surface area contributed by atoms with E-state index in [4.69, 9.17) is 33.3 Å². The number of nitrogens with zero attached hydrogens (tertiary/aromatic N) is 3. The van der Waals surface area contributed by atoms with Crippen LogP contribution in [0.2, 0.25) is 5.02 Å². The monoisotopic (exact) mass is 351 g/mol. The first-order valence-corrected chi connectivity index (χ1v) is 8.05. The van der Waals surface area contributed by atoms with Crippen LogP contribution in [0.5, 0.6) is 0 Å². The SMILES string of the molecule is Cn1c(-c2ccccc2Cl)nn([C@@H]2CC(=O)[C@H]3OC[C@H]2O3)c1=S. The van der Waals surface area contributed by atoms with E-state index >= 15 is 0 Å². The molecule has 3 atom stereocenters. The second kappa shape index (κ2) is 5.52. The highest BCUT2D eigenvalue weighted by atomic mass is 35.5. The Morgan fingerprint density at radius 1 is 1.39 bits per heavy atom. The van der Waals surface area contributed by atoms with Crippen LogP contribution < -0.4 is 0 Å². The molecule has 0 saturated carbocycles. The van der Waals surface area contributed by atoms with Gasteiger partial charge in [-0.2, -0.15) is 5.10 Å². The molecule has 6 nitrogen and oxygen atoms in total. The average molecular weight is 352 g/mol. The van der Waals surface area contributed by atoms with Gasteiger partial charge in [-0.25, -0.2) is 4.68 Å². The fourth-order valence-corrected chi connectivity index (χ4v) is 3.50. The van der Waals surface area contributed by atoms with Gasteiger partial charge in [0.05, 0.1) is 17.7 Å². The number of ketones is 1. The predicted molar refractivity (Wildman–Crippen MR) is 85.8 cm³/mol. The summed E-state index contributed by atoms with van der Waals surface area (Å²) in [6.07, 6.45) is -0.627. The van der Waals surface area contributed by atoms with Crippen molar-refractivity contribution in [2.24, 2.45) is 7.05 Å². The zero-order valence-electron chi connectivity index (χ0n) is 12.3. The highest BCUT2D eigenvalue weighted by Gasteiger charge is 2.45. The summed E-state index contributed by atoms with van der Waals surface area (Å²) in [5.41, 5.74) is 0.796. The number of fused-ring (bicyclic) bond motifs is 2. The van der Waals surface area contributed by atoms with Gasteiger partial charge in [-0.05, 0) is 24.4 Å². The molecule has 2 aliphatic heterocycles. The molecule has 3 heterocycles. The second-order valence-corrected chi connectivity index (χ2v) is 6.44. The van der Waals surface area contributed by atoms with E-state index < -0.39 is 6.29 Å². The molecule has 0 aliphatic carbocycles. The summed E-state index contributed by atoms with van der Waals surface area (Å²) in [6.45, 7) is 0.376. The van der Waals surface area contributed by atoms with Gasteiger partial charge in [-0.3, -0.25) is 4.79 Å². The Hall–Kier alpha value is -1.54. The molecule has 8 heteroatoms. The fourth-order valence-electron chi connectivity index (χ4n) is 3.02. The molecule has 0 N–H and O–H groups in total. The molecule has 0 spiro atoms. The molecule has 2 saturated heterocycles. The number of carbonyl (C=O) groups is 1. The number of Topliss-reactive ketones (excluding diaryl/α,β-unsaturated/α-hetero) is 1. The fraction of sp³-hybridized carbons (Fsp3) is 0.400. The topological polar surface area (TPSA) is 58.3 Å². The summed E-state index contributed by atoms with van der Waals surface area (Å²) < 4.78 is 14.9. The number of halogens is 1. The third-order valence-electron chi connectivity index (χ3n) is 4.24. The van der Waals surface area contributed by atoms with Crippen LogP contribution >= 0.6 is 23.8 Å². The van der Waals surface area contributed by atoms with Gasteiger partial charge < -0.3 is 14.0 Å². The lowest BCUT2D eigenvalue weighted by atomic mass is 10.0. The summed E-state index contributed by atoms with van der Waals surface area (Å²) in [4.78, 5) is 12.0. The predicted octanol–water partition coefficient (Wildman–Crippen LogP) is 2.53. The van der Waals surface area contributed by atoms with E-state index in [1.807, 2.05) is 31.3 Å². The number of ether oxygens (including phenoxy) is 2. The van der Waals surface area contributed by atoms with Crippen LogP contribution in [0, 0.1) is 4.77 Å². The van der Waals surface area contributed by atoms with Crippen LogP contribution in [0.1, 0.15) is 12.5 Å². The zero-order valence-corrected chi connectivity index (χ0v) is 13.9. The van der Waals surface area contributed by atoms with Crippen molar-refractivity contribution in [2.75, 3.05) is 6.61 Å². The average Bonchev–Trinajstić information content (AvgIpc) is 3.09. The minimum atomic E-state index is -0.725. The smallest absolute Gasteiger partial charge is 0.218 e. The summed E-state index contributed by atoms with van der Waals surface area (Å²) in [7, 11) is 1.84. The van der Waals surface area contributed by atoms with Gasteiger partial charge in [0, 0.05) is 19.0 Å². The maximum atomic E-state index is 12.0. The highest BCUT2D eigenvalue weighted by molar-refractivity contribution is 7.71. The summed E-state index contributed by atoms with van der Waals surface area (Å²) >= 11 is 11.8. The Morgan fingerprint density at radius 2 is 2.17 bits per heavy atom. The van der Waals surface area contributed by atoms with Crippen molar-refractivity contribution in [1.29, 1.82) is 0 Å². The Labute approximate surface area is 142 Å². The number of aromatic nitrogens is 3. The second-order valence-electron chi connectivity index (χ2n) is 5.67. The first-order chi connectivity index (χ1) is 11.1. The molecule has 0 radical (unpaired) electrons. The number of hydrogen-bond donors (Lipinski definition) is 0. The van der Waals surface area contributed by atoms with Gasteiger partial charge in [0.25, 0.3) is 0 Å². The lowest BCUT2D eigenvalue weighted by Crippen LogP contribution is -2.37. The minimum absolute atomic E-state index is 0.0735. The van der Waals surface area contributed by atoms with Crippen LogP contribution in [0.3, 0.4) is 0 Å². The summed E-state index contributed by atoms with van der Waals surface area (Å²) in [5.74, 6) is 0.588. The molecule has 120 valence electrons. The van der Waals surface area contributed by atoms with Crippen molar-refractivity contribution in [3.8, 4) is 11.4 Å². The maximum absolute atomic E-state index is 12.0. The Bertz CT molecular complexity index is 847. The Balaban J connectivity index is 1.79. The van der Waals surface area contributed by atoms with Crippen LogP contribution in [0.15, 0.2) is 24.3 Å². The lowest BCUT2D eigenvalue weighted by Gasteiger charge is -2.26. The third kappa shape index (κ3) is 2.35. The molecular weight excluding hydrogens is 338 g/mol. The van der Waals surface area contributed by atoms with E-state index in [0.717, 1.165) is 5.56 Å². The van der Waals surface area contributed by atoms with Gasteiger partial charge >= 0.3 is 0 Å². The van der Waals surface area contributed by atoms with E-state index in [-0.39, 0.29) is 17.9 Å². The molecular formula is C15H14ClN3O3S. The van der Waals surface area contributed by atoms with Crippen molar-refractivity contribution >= 4 is 29.6 Å². The molecule has 0 unspecified atom stereocenters. The van der Waals surface area contributed by atoms with E-state index in [9.17, 15) is 4.79 Å². The number of rotatable bonds is 2. The van der Waals surface area contributed by atoms with Gasteiger partial charge in [0.15, 0.2) is 16.4 Å². The van der Waals surface area contributed by atoms with Crippen molar-refractivity contribution in [2.45, 2.75) is 24.9 Å². The van der Waals surface area contributed by atoms with Crippen LogP contribution in [-0.2, 0) is 21.3 Å². The third-order valence-corrected chi connectivity index (χ3v) is 5.04. The van der Waals surface area contributed by atoms with Crippen molar-refractivity contribution in [1.82, 2.24) is 14.3 Å². The van der Waals surface area contributed by atoms with Gasteiger partial charge in [-0.15, -0.1) is 0 Å². The first kappa shape index (κ1) is 15.0. The zero-order chi connectivity index (χ0) is 16.1. The largest absolute Gasteiger partial charge is 0.343 e. The van der Waals surface area contributed by atoms with Crippen LogP contribution in [-0.4, -0.2) is 39.1 Å². The standard InChI is InChI=1S/C15H14ClN3O3S/c1-18-13(8-4-2-3-5-9(8)16)17-19(15(18)23)10-6-11(20)14-21-7-12(10)22-14/h2-5,10,12,14H,6-7H2,1H3/t10-,12-,14+/m1/s1. The van der Waals surface area contributed by atoms with Gasteiger partial charge in [0.1, 0.15) is 6.10 Å². The van der Waals surface area contributed by atoms with Crippen molar-refractivity contribution < 1.29 is 14.3 Å². The summed E-state index contributed by atoms with van der Waals surface area (Å²) in [6, 6.07) is 7.20. The lowest BCUT2D eigenvalue weighted by molar-refractivity contribution is -0.156. The van der Waals surface area contributed by atoms with Crippen molar-refractivity contribution in [3.63, 3.8) is 0 Å². The number of benzene rings is 1. The molecule has 0 amide bonds. The van der Waals surface area contributed by atoms with Gasteiger partial charge in [0.2, 0.25) is 6.29 Å². The van der Waals surface area contributed by atoms with Gasteiger partial charge in [-0.1, -0.05) is 23.7 Å². The molecule has 2 aromatic rings. The molecule has 23 heavy (non-hydrogen) atoms. The maximum Gasteiger partial charge on any atom is 0.218 e. The first-order valence-electron chi connectivity index (χ1n) is 7.26. The van der Waals surface area contributed by atoms with E-state index in [1.54, 1.807) is 9.25 Å². The van der Waals surface area contributed by atoms with Crippen molar-refractivity contribution in [3.05, 3.63) is 34.1 Å². The quantitative estimate of drug-likeness (QED) is 0.778. The number of hydrogen-bond acceptors (Lipinski definition) is 5. The normalized spacial score (nSPS) is 26.7. The van der Waals surface area contributed by atoms with E-state index in [1.165, 1.54) is 0 Å². The molecule has 4 rings (SSSR count). The summed E-state index contributed by atoms with van der Waals surface area (Å²) in [5, 5.41) is 5.22. The highest BCUT2D eigenvalue weighted by Crippen LogP contribution is 2.34.